The zero-order chi connectivity index (χ0) is 15.3. The highest BCUT2D eigenvalue weighted by atomic mass is 32.2. The minimum Gasteiger partial charge on any atom is -0.492 e. The summed E-state index contributed by atoms with van der Waals surface area (Å²) in [7, 11) is -1.93. The maximum Gasteiger partial charge on any atom is 0.281 e. The maximum absolute atomic E-state index is 13.0. The van der Waals surface area contributed by atoms with Crippen LogP contribution in [0, 0.1) is 5.82 Å². The van der Waals surface area contributed by atoms with Crippen molar-refractivity contribution >= 4 is 10.2 Å². The van der Waals surface area contributed by atoms with Gasteiger partial charge in [-0.2, -0.15) is 17.0 Å². The first kappa shape index (κ1) is 16.2. The molecule has 0 aromatic heterocycles. The molecule has 1 aromatic carbocycles. The van der Waals surface area contributed by atoms with Gasteiger partial charge in [0.25, 0.3) is 10.2 Å². The van der Waals surface area contributed by atoms with Gasteiger partial charge in [-0.3, -0.25) is 0 Å². The average Bonchev–Trinajstić information content (AvgIpc) is 2.48. The predicted octanol–water partition coefficient (Wildman–Crippen LogP) is 0.286. The number of halogens is 1. The highest BCUT2D eigenvalue weighted by molar-refractivity contribution is 7.86. The molecule has 21 heavy (non-hydrogen) atoms. The van der Waals surface area contributed by atoms with Gasteiger partial charge in [0.15, 0.2) is 0 Å². The van der Waals surface area contributed by atoms with Crippen LogP contribution in [-0.4, -0.2) is 63.4 Å². The minimum atomic E-state index is -3.45. The molecule has 1 aliphatic heterocycles. The van der Waals surface area contributed by atoms with Crippen molar-refractivity contribution in [2.75, 3.05) is 46.4 Å². The fraction of sp³-hybridized carbons (Fsp3) is 0.538. The molecule has 2 rings (SSSR count). The van der Waals surface area contributed by atoms with Crippen molar-refractivity contribution in [1.82, 2.24) is 13.9 Å². The Hall–Kier alpha value is -1.22. The molecule has 1 heterocycles. The largest absolute Gasteiger partial charge is 0.492 e. The van der Waals surface area contributed by atoms with Crippen molar-refractivity contribution in [1.29, 1.82) is 0 Å². The van der Waals surface area contributed by atoms with Crippen molar-refractivity contribution in [3.05, 3.63) is 30.1 Å². The topological polar surface area (TPSA) is 61.9 Å². The second kappa shape index (κ2) is 7.17. The number of hydrogen-bond acceptors (Lipinski definition) is 4. The molecule has 1 aliphatic rings. The van der Waals surface area contributed by atoms with E-state index in [-0.39, 0.29) is 19.0 Å². The first-order chi connectivity index (χ1) is 10.00. The lowest BCUT2D eigenvalue weighted by Gasteiger charge is -2.30. The number of hydrogen-bond donors (Lipinski definition) is 1. The van der Waals surface area contributed by atoms with Crippen molar-refractivity contribution in [3.63, 3.8) is 0 Å². The number of likely N-dealkylation sites (N-methyl/N-ethyl adjacent to an activating group) is 1. The predicted molar refractivity (Wildman–Crippen MR) is 77.9 cm³/mol. The standard InChI is InChI=1S/C13H20FN3O3S/c1-16(21(18,19)17-7-5-15-6-8-17)9-10-20-13-4-2-3-12(14)11-13/h2-4,11,15H,5-10H2,1H3. The van der Waals surface area contributed by atoms with Crippen LogP contribution in [0.15, 0.2) is 24.3 Å². The Morgan fingerprint density at radius 2 is 2.10 bits per heavy atom. The molecule has 1 aromatic rings. The van der Waals surface area contributed by atoms with E-state index >= 15 is 0 Å². The highest BCUT2D eigenvalue weighted by Gasteiger charge is 2.27. The molecule has 0 saturated carbocycles. The van der Waals surface area contributed by atoms with E-state index in [2.05, 4.69) is 5.32 Å². The van der Waals surface area contributed by atoms with Crippen molar-refractivity contribution < 1.29 is 17.5 Å². The average molecular weight is 317 g/mol. The Labute approximate surface area is 124 Å². The van der Waals surface area contributed by atoms with E-state index in [0.29, 0.717) is 31.9 Å². The third kappa shape index (κ3) is 4.37. The molecule has 0 atom stereocenters. The molecule has 0 bridgehead atoms. The Morgan fingerprint density at radius 3 is 2.76 bits per heavy atom. The van der Waals surface area contributed by atoms with Crippen LogP contribution in [0.25, 0.3) is 0 Å². The zero-order valence-corrected chi connectivity index (χ0v) is 12.8. The summed E-state index contributed by atoms with van der Waals surface area (Å²) in [5, 5.41) is 3.11. The van der Waals surface area contributed by atoms with Gasteiger partial charge in [0, 0.05) is 45.8 Å². The SMILES string of the molecule is CN(CCOc1cccc(F)c1)S(=O)(=O)N1CCNCC1. The van der Waals surface area contributed by atoms with Crippen LogP contribution in [0.2, 0.25) is 0 Å². The molecule has 118 valence electrons. The van der Waals surface area contributed by atoms with Gasteiger partial charge >= 0.3 is 0 Å². The lowest BCUT2D eigenvalue weighted by atomic mass is 10.3. The van der Waals surface area contributed by atoms with E-state index in [1.807, 2.05) is 0 Å². The monoisotopic (exact) mass is 317 g/mol. The van der Waals surface area contributed by atoms with Crippen LogP contribution in [0.1, 0.15) is 0 Å². The lowest BCUT2D eigenvalue weighted by Crippen LogP contribution is -2.51. The van der Waals surface area contributed by atoms with Gasteiger partial charge in [-0.15, -0.1) is 0 Å². The van der Waals surface area contributed by atoms with E-state index in [4.69, 9.17) is 4.74 Å². The van der Waals surface area contributed by atoms with E-state index < -0.39 is 10.2 Å². The Balaban J connectivity index is 1.84. The molecule has 1 saturated heterocycles. The number of rotatable bonds is 6. The first-order valence-electron chi connectivity index (χ1n) is 6.80. The van der Waals surface area contributed by atoms with Gasteiger partial charge in [-0.05, 0) is 12.1 Å². The summed E-state index contributed by atoms with van der Waals surface area (Å²) in [5.41, 5.74) is 0. The number of benzene rings is 1. The Bertz CT molecular complexity index is 562. The molecule has 0 spiro atoms. The van der Waals surface area contributed by atoms with Gasteiger partial charge in [0.2, 0.25) is 0 Å². The summed E-state index contributed by atoms with van der Waals surface area (Å²) in [6.45, 7) is 2.64. The maximum atomic E-state index is 13.0. The van der Waals surface area contributed by atoms with Gasteiger partial charge in [0.1, 0.15) is 18.2 Å². The van der Waals surface area contributed by atoms with Crippen molar-refractivity contribution in [2.24, 2.45) is 0 Å². The van der Waals surface area contributed by atoms with Gasteiger partial charge in [-0.25, -0.2) is 4.39 Å². The molecule has 0 radical (unpaired) electrons. The Morgan fingerprint density at radius 1 is 1.38 bits per heavy atom. The van der Waals surface area contributed by atoms with E-state index in [0.717, 1.165) is 0 Å². The zero-order valence-electron chi connectivity index (χ0n) is 12.0. The third-order valence-corrected chi connectivity index (χ3v) is 5.26. The molecule has 0 unspecified atom stereocenters. The molecule has 6 nitrogen and oxygen atoms in total. The summed E-state index contributed by atoms with van der Waals surface area (Å²) < 4.78 is 45.6. The summed E-state index contributed by atoms with van der Waals surface area (Å²) >= 11 is 0. The molecule has 1 N–H and O–H groups in total. The van der Waals surface area contributed by atoms with Crippen LogP contribution >= 0.6 is 0 Å². The van der Waals surface area contributed by atoms with Crippen LogP contribution in [0.5, 0.6) is 5.75 Å². The fourth-order valence-electron chi connectivity index (χ4n) is 2.04. The number of nitrogens with one attached hydrogen (secondary N) is 1. The molecular weight excluding hydrogens is 297 g/mol. The first-order valence-corrected chi connectivity index (χ1v) is 8.20. The molecule has 0 amide bonds. The molecule has 8 heteroatoms. The third-order valence-electron chi connectivity index (χ3n) is 3.27. The quantitative estimate of drug-likeness (QED) is 0.819. The van der Waals surface area contributed by atoms with Gasteiger partial charge in [-0.1, -0.05) is 6.07 Å². The fourth-order valence-corrected chi connectivity index (χ4v) is 3.38. The van der Waals surface area contributed by atoms with Crippen LogP contribution in [0.3, 0.4) is 0 Å². The van der Waals surface area contributed by atoms with Gasteiger partial charge < -0.3 is 10.1 Å². The van der Waals surface area contributed by atoms with Crippen LogP contribution in [0.4, 0.5) is 4.39 Å². The number of ether oxygens (including phenoxy) is 1. The van der Waals surface area contributed by atoms with Crippen molar-refractivity contribution in [3.8, 4) is 5.75 Å². The summed E-state index contributed by atoms with van der Waals surface area (Å²) in [6, 6.07) is 5.78. The van der Waals surface area contributed by atoms with Gasteiger partial charge in [0.05, 0.1) is 0 Å². The second-order valence-electron chi connectivity index (χ2n) is 4.78. The highest BCUT2D eigenvalue weighted by Crippen LogP contribution is 2.12. The molecule has 0 aliphatic carbocycles. The smallest absolute Gasteiger partial charge is 0.281 e. The summed E-state index contributed by atoms with van der Waals surface area (Å²) in [4.78, 5) is 0. The van der Waals surface area contributed by atoms with Crippen molar-refractivity contribution in [2.45, 2.75) is 0 Å². The van der Waals surface area contributed by atoms with Crippen LogP contribution in [-0.2, 0) is 10.2 Å². The lowest BCUT2D eigenvalue weighted by molar-refractivity contribution is 0.270. The molecular formula is C13H20FN3O3S. The Kier molecular flexibility index (Phi) is 5.51. The number of piperazine rings is 1. The number of nitrogens with zero attached hydrogens (tertiary/aromatic N) is 2. The summed E-state index contributed by atoms with van der Waals surface area (Å²) in [5.74, 6) is 0.0114. The van der Waals surface area contributed by atoms with E-state index in [1.165, 1.54) is 27.8 Å². The second-order valence-corrected chi connectivity index (χ2v) is 6.82. The van der Waals surface area contributed by atoms with Crippen LogP contribution < -0.4 is 10.1 Å². The molecule has 1 fully saturated rings. The van der Waals surface area contributed by atoms with E-state index in [1.54, 1.807) is 12.1 Å². The normalized spacial score (nSPS) is 17.1. The van der Waals surface area contributed by atoms with E-state index in [9.17, 15) is 12.8 Å². The summed E-state index contributed by atoms with van der Waals surface area (Å²) in [6.07, 6.45) is 0. The minimum absolute atomic E-state index is 0.172.